The van der Waals surface area contributed by atoms with Gasteiger partial charge in [0.15, 0.2) is 0 Å². The van der Waals surface area contributed by atoms with Crippen molar-refractivity contribution in [3.05, 3.63) is 36.2 Å². The molecule has 0 bridgehead atoms. The van der Waals surface area contributed by atoms with E-state index in [0.29, 0.717) is 0 Å². The van der Waals surface area contributed by atoms with Crippen molar-refractivity contribution in [3.63, 3.8) is 0 Å². The summed E-state index contributed by atoms with van der Waals surface area (Å²) in [6.45, 7) is 1.88. The van der Waals surface area contributed by atoms with Crippen molar-refractivity contribution >= 4 is 11.7 Å². The monoisotopic (exact) mass is 193 g/mol. The Bertz CT molecular complexity index is 332. The van der Waals surface area contributed by atoms with Crippen LogP contribution in [0.1, 0.15) is 12.5 Å². The highest BCUT2D eigenvalue weighted by Gasteiger charge is 2.03. The summed E-state index contributed by atoms with van der Waals surface area (Å²) in [4.78, 5) is 14.1. The maximum absolute atomic E-state index is 10.2. The Morgan fingerprint density at radius 3 is 3.00 bits per heavy atom. The predicted molar refractivity (Wildman–Crippen MR) is 51.9 cm³/mol. The van der Waals surface area contributed by atoms with Gasteiger partial charge in [-0.1, -0.05) is 12.1 Å². The van der Waals surface area contributed by atoms with Gasteiger partial charge >= 0.3 is 6.16 Å². The molecular formula is C10H11NO3. The van der Waals surface area contributed by atoms with Gasteiger partial charge in [-0.25, -0.2) is 4.79 Å². The quantitative estimate of drug-likeness (QED) is 0.747. The number of pyridine rings is 1. The van der Waals surface area contributed by atoms with Crippen molar-refractivity contribution in [2.45, 2.75) is 6.92 Å². The molecule has 0 aliphatic rings. The van der Waals surface area contributed by atoms with E-state index in [2.05, 4.69) is 9.72 Å². The van der Waals surface area contributed by atoms with Gasteiger partial charge in [-0.3, -0.25) is 4.98 Å². The first kappa shape index (κ1) is 10.2. The Morgan fingerprint density at radius 1 is 1.71 bits per heavy atom. The van der Waals surface area contributed by atoms with E-state index in [1.165, 1.54) is 0 Å². The maximum atomic E-state index is 10.2. The van der Waals surface area contributed by atoms with Crippen molar-refractivity contribution < 1.29 is 14.6 Å². The minimum Gasteiger partial charge on any atom is -0.450 e. The predicted octanol–water partition coefficient (Wildman–Crippen LogP) is 2.18. The molecule has 0 radical (unpaired) electrons. The molecule has 0 saturated heterocycles. The third-order valence-corrected chi connectivity index (χ3v) is 1.73. The van der Waals surface area contributed by atoms with Crippen LogP contribution >= 0.6 is 0 Å². The summed E-state index contributed by atoms with van der Waals surface area (Å²) in [6, 6.07) is 3.65. The zero-order valence-electron chi connectivity index (χ0n) is 7.80. The second-order valence-electron chi connectivity index (χ2n) is 2.61. The normalized spacial score (nSPS) is 11.1. The van der Waals surface area contributed by atoms with Crippen molar-refractivity contribution in [1.82, 2.24) is 4.98 Å². The Hall–Kier alpha value is -1.84. The van der Waals surface area contributed by atoms with E-state index < -0.39 is 6.16 Å². The van der Waals surface area contributed by atoms with Gasteiger partial charge in [-0.15, -0.1) is 0 Å². The number of rotatable bonds is 3. The van der Waals surface area contributed by atoms with Crippen LogP contribution in [0, 0.1) is 0 Å². The fourth-order valence-corrected chi connectivity index (χ4v) is 1.03. The number of ether oxygens (including phenoxy) is 1. The molecule has 4 nitrogen and oxygen atoms in total. The third-order valence-electron chi connectivity index (χ3n) is 1.73. The zero-order valence-corrected chi connectivity index (χ0v) is 7.80. The van der Waals surface area contributed by atoms with E-state index in [4.69, 9.17) is 5.11 Å². The van der Waals surface area contributed by atoms with Crippen LogP contribution in [-0.2, 0) is 4.74 Å². The highest BCUT2D eigenvalue weighted by Crippen LogP contribution is 2.12. The lowest BCUT2D eigenvalue weighted by Gasteiger charge is -2.05. The number of carbonyl (C=O) groups is 1. The number of nitrogens with zero attached hydrogens (tertiary/aromatic N) is 1. The molecule has 0 amide bonds. The van der Waals surface area contributed by atoms with Crippen LogP contribution < -0.4 is 0 Å². The molecule has 1 aromatic rings. The minimum absolute atomic E-state index is 0.0531. The Labute approximate surface area is 81.9 Å². The van der Waals surface area contributed by atoms with Crippen LogP contribution in [-0.4, -0.2) is 22.9 Å². The maximum Gasteiger partial charge on any atom is 0.506 e. The second kappa shape index (κ2) is 5.01. The summed E-state index contributed by atoms with van der Waals surface area (Å²) in [5.74, 6) is 0. The lowest BCUT2D eigenvalue weighted by atomic mass is 10.1. The molecule has 4 heteroatoms. The molecular weight excluding hydrogens is 182 g/mol. The molecule has 0 unspecified atom stereocenters. The van der Waals surface area contributed by atoms with Gasteiger partial charge in [0.25, 0.3) is 0 Å². The van der Waals surface area contributed by atoms with Gasteiger partial charge in [0.05, 0.1) is 0 Å². The Morgan fingerprint density at radius 2 is 2.50 bits per heavy atom. The van der Waals surface area contributed by atoms with E-state index in [-0.39, 0.29) is 6.61 Å². The van der Waals surface area contributed by atoms with Gasteiger partial charge in [0, 0.05) is 12.4 Å². The smallest absolute Gasteiger partial charge is 0.450 e. The number of allylic oxidation sites excluding steroid dienone is 1. The number of aromatic nitrogens is 1. The van der Waals surface area contributed by atoms with E-state index in [0.717, 1.165) is 11.1 Å². The molecule has 1 heterocycles. The summed E-state index contributed by atoms with van der Waals surface area (Å²) in [6.07, 6.45) is 3.86. The zero-order chi connectivity index (χ0) is 10.4. The second-order valence-corrected chi connectivity index (χ2v) is 2.61. The molecule has 0 aliphatic heterocycles. The summed E-state index contributed by atoms with van der Waals surface area (Å²) in [7, 11) is 0. The third kappa shape index (κ3) is 2.90. The van der Waals surface area contributed by atoms with Gasteiger partial charge in [0.1, 0.15) is 6.61 Å². The van der Waals surface area contributed by atoms with E-state index in [9.17, 15) is 4.79 Å². The number of hydrogen-bond donors (Lipinski definition) is 1. The molecule has 0 aliphatic carbocycles. The van der Waals surface area contributed by atoms with Crippen LogP contribution in [0.3, 0.4) is 0 Å². The molecule has 0 fully saturated rings. The molecule has 0 saturated carbocycles. The summed E-state index contributed by atoms with van der Waals surface area (Å²) < 4.78 is 4.47. The highest BCUT2D eigenvalue weighted by molar-refractivity contribution is 5.67. The molecule has 1 rings (SSSR count). The van der Waals surface area contributed by atoms with Crippen LogP contribution in [0.25, 0.3) is 5.57 Å². The highest BCUT2D eigenvalue weighted by atomic mass is 16.7. The standard InChI is InChI=1S/C10H11NO3/c1-2-8(7-14-10(12)13)9-4-3-5-11-6-9/h2-6H,7H2,1H3,(H,12,13). The molecule has 0 spiro atoms. The first-order chi connectivity index (χ1) is 6.74. The average Bonchev–Trinajstić information content (AvgIpc) is 2.20. The van der Waals surface area contributed by atoms with Gasteiger partial charge in [-0.2, -0.15) is 0 Å². The topological polar surface area (TPSA) is 59.4 Å². The molecule has 1 aromatic heterocycles. The lowest BCUT2D eigenvalue weighted by Crippen LogP contribution is -2.03. The van der Waals surface area contributed by atoms with E-state index in [1.807, 2.05) is 13.0 Å². The number of carboxylic acid groups (broad SMARTS) is 1. The number of hydrogen-bond acceptors (Lipinski definition) is 3. The van der Waals surface area contributed by atoms with Crippen LogP contribution in [0.2, 0.25) is 0 Å². The van der Waals surface area contributed by atoms with Gasteiger partial charge in [-0.05, 0) is 24.1 Å². The molecule has 74 valence electrons. The summed E-state index contributed by atoms with van der Waals surface area (Å²) in [5.41, 5.74) is 1.68. The molecule has 0 aromatic carbocycles. The fraction of sp³-hybridized carbons (Fsp3) is 0.200. The van der Waals surface area contributed by atoms with Crippen LogP contribution in [0.15, 0.2) is 30.6 Å². The van der Waals surface area contributed by atoms with Crippen molar-refractivity contribution in [2.75, 3.05) is 6.61 Å². The molecule has 14 heavy (non-hydrogen) atoms. The molecule has 1 N–H and O–H groups in total. The first-order valence-electron chi connectivity index (χ1n) is 4.15. The van der Waals surface area contributed by atoms with Gasteiger partial charge in [0.2, 0.25) is 0 Å². The minimum atomic E-state index is -1.27. The van der Waals surface area contributed by atoms with Crippen molar-refractivity contribution in [1.29, 1.82) is 0 Å². The van der Waals surface area contributed by atoms with E-state index >= 15 is 0 Å². The Kier molecular flexibility index (Phi) is 3.67. The van der Waals surface area contributed by atoms with Crippen molar-refractivity contribution in [2.24, 2.45) is 0 Å². The van der Waals surface area contributed by atoms with Crippen LogP contribution in [0.4, 0.5) is 4.79 Å². The average molecular weight is 193 g/mol. The van der Waals surface area contributed by atoms with Gasteiger partial charge < -0.3 is 9.84 Å². The largest absolute Gasteiger partial charge is 0.506 e. The fourth-order valence-electron chi connectivity index (χ4n) is 1.03. The summed E-state index contributed by atoms with van der Waals surface area (Å²) in [5, 5.41) is 8.34. The van der Waals surface area contributed by atoms with Crippen molar-refractivity contribution in [3.8, 4) is 0 Å². The molecule has 0 atom stereocenters. The lowest BCUT2D eigenvalue weighted by molar-refractivity contribution is 0.103. The van der Waals surface area contributed by atoms with Crippen LogP contribution in [0.5, 0.6) is 0 Å². The van der Waals surface area contributed by atoms with E-state index in [1.54, 1.807) is 24.5 Å². The first-order valence-corrected chi connectivity index (χ1v) is 4.15. The SMILES string of the molecule is CC=C(COC(=O)O)c1cccnc1. The summed E-state index contributed by atoms with van der Waals surface area (Å²) >= 11 is 0. The Balaban J connectivity index is 2.69.